The van der Waals surface area contributed by atoms with Crippen LogP contribution in [0.1, 0.15) is 15.9 Å². The van der Waals surface area contributed by atoms with Crippen LogP contribution >= 0.6 is 0 Å². The minimum atomic E-state index is -1.02. The number of carboxylic acids is 1. The van der Waals surface area contributed by atoms with Gasteiger partial charge in [0.2, 0.25) is 0 Å². The van der Waals surface area contributed by atoms with Crippen molar-refractivity contribution in [2.24, 2.45) is 0 Å². The fraction of sp³-hybridized carbons (Fsp3) is 0.188. The van der Waals surface area contributed by atoms with Crippen LogP contribution in [-0.2, 0) is 6.54 Å². The lowest BCUT2D eigenvalue weighted by Crippen LogP contribution is -2.19. The van der Waals surface area contributed by atoms with Gasteiger partial charge in [0.15, 0.2) is 0 Å². The highest BCUT2D eigenvalue weighted by atomic mass is 19.1. The van der Waals surface area contributed by atoms with E-state index in [-0.39, 0.29) is 11.4 Å². The molecule has 0 fully saturated rings. The van der Waals surface area contributed by atoms with Gasteiger partial charge in [-0.2, -0.15) is 0 Å². The van der Waals surface area contributed by atoms with Gasteiger partial charge in [0, 0.05) is 19.7 Å². The number of methoxy groups -OCH3 is 1. The largest absolute Gasteiger partial charge is 0.497 e. The first-order valence-corrected chi connectivity index (χ1v) is 6.38. The quantitative estimate of drug-likeness (QED) is 0.918. The van der Waals surface area contributed by atoms with Crippen molar-refractivity contribution in [3.05, 3.63) is 59.4 Å². The highest BCUT2D eigenvalue weighted by Gasteiger charge is 2.15. The van der Waals surface area contributed by atoms with Gasteiger partial charge in [0.25, 0.3) is 0 Å². The monoisotopic (exact) mass is 289 g/mol. The molecular weight excluding hydrogens is 273 g/mol. The standard InChI is InChI=1S/C16H16FNO3/c1-18(10-11-4-3-5-12(17)8-11)15-9-13(21-2)6-7-14(15)16(19)20/h3-9H,10H2,1-2H3,(H,19,20). The van der Waals surface area contributed by atoms with E-state index < -0.39 is 5.97 Å². The smallest absolute Gasteiger partial charge is 0.337 e. The summed E-state index contributed by atoms with van der Waals surface area (Å²) in [6.45, 7) is 0.394. The lowest BCUT2D eigenvalue weighted by Gasteiger charge is -2.22. The van der Waals surface area contributed by atoms with Gasteiger partial charge in [-0.3, -0.25) is 0 Å². The average molecular weight is 289 g/mol. The second-order valence-electron chi connectivity index (χ2n) is 4.67. The van der Waals surface area contributed by atoms with Crippen LogP contribution in [0.25, 0.3) is 0 Å². The number of carbonyl (C=O) groups is 1. The highest BCUT2D eigenvalue weighted by Crippen LogP contribution is 2.26. The summed E-state index contributed by atoms with van der Waals surface area (Å²) in [5.74, 6) is -0.759. The molecule has 2 rings (SSSR count). The minimum absolute atomic E-state index is 0.176. The van der Waals surface area contributed by atoms with E-state index in [1.165, 1.54) is 25.3 Å². The third-order valence-electron chi connectivity index (χ3n) is 3.16. The summed E-state index contributed by atoms with van der Waals surface area (Å²) < 4.78 is 18.3. The van der Waals surface area contributed by atoms with Gasteiger partial charge in [-0.1, -0.05) is 12.1 Å². The molecule has 0 radical (unpaired) electrons. The van der Waals surface area contributed by atoms with E-state index in [2.05, 4.69) is 0 Å². The van der Waals surface area contributed by atoms with Crippen LogP contribution in [0.3, 0.4) is 0 Å². The van der Waals surface area contributed by atoms with E-state index >= 15 is 0 Å². The van der Waals surface area contributed by atoms with Crippen LogP contribution in [-0.4, -0.2) is 25.2 Å². The molecule has 0 unspecified atom stereocenters. The zero-order valence-electron chi connectivity index (χ0n) is 11.8. The Labute approximate surface area is 122 Å². The molecular formula is C16H16FNO3. The molecule has 5 heteroatoms. The predicted molar refractivity (Wildman–Crippen MR) is 78.5 cm³/mol. The van der Waals surface area contributed by atoms with Crippen molar-refractivity contribution in [2.45, 2.75) is 6.54 Å². The molecule has 0 aliphatic rings. The number of benzene rings is 2. The lowest BCUT2D eigenvalue weighted by atomic mass is 10.1. The van der Waals surface area contributed by atoms with Gasteiger partial charge in [0.05, 0.1) is 18.4 Å². The SMILES string of the molecule is COc1ccc(C(=O)O)c(N(C)Cc2cccc(F)c2)c1. The second-order valence-corrected chi connectivity index (χ2v) is 4.67. The molecule has 4 nitrogen and oxygen atoms in total. The fourth-order valence-electron chi connectivity index (χ4n) is 2.13. The number of rotatable bonds is 5. The zero-order valence-corrected chi connectivity index (χ0v) is 11.8. The number of aromatic carboxylic acids is 1. The Bertz CT molecular complexity index is 658. The Morgan fingerprint density at radius 1 is 1.29 bits per heavy atom. The lowest BCUT2D eigenvalue weighted by molar-refractivity contribution is 0.0697. The molecule has 0 aliphatic carbocycles. The summed E-state index contributed by atoms with van der Waals surface area (Å²) in [7, 11) is 3.28. The maximum atomic E-state index is 13.2. The summed E-state index contributed by atoms with van der Waals surface area (Å²) in [4.78, 5) is 13.1. The van der Waals surface area contributed by atoms with Crippen molar-refractivity contribution >= 4 is 11.7 Å². The van der Waals surface area contributed by atoms with Gasteiger partial charge < -0.3 is 14.7 Å². The average Bonchev–Trinajstić information content (AvgIpc) is 2.46. The molecule has 0 saturated heterocycles. The summed E-state index contributed by atoms with van der Waals surface area (Å²) in [6, 6.07) is 11.0. The second kappa shape index (κ2) is 6.26. The van der Waals surface area contributed by atoms with Crippen LogP contribution < -0.4 is 9.64 Å². The normalized spacial score (nSPS) is 10.2. The molecule has 0 heterocycles. The third kappa shape index (κ3) is 3.51. The van der Waals surface area contributed by atoms with E-state index in [9.17, 15) is 14.3 Å². The van der Waals surface area contributed by atoms with Crippen molar-refractivity contribution in [2.75, 3.05) is 19.1 Å². The first-order valence-electron chi connectivity index (χ1n) is 6.38. The third-order valence-corrected chi connectivity index (χ3v) is 3.16. The van der Waals surface area contributed by atoms with Crippen LogP contribution in [0.4, 0.5) is 10.1 Å². The van der Waals surface area contributed by atoms with E-state index in [0.29, 0.717) is 18.0 Å². The summed E-state index contributed by atoms with van der Waals surface area (Å²) in [6.07, 6.45) is 0. The number of hydrogen-bond acceptors (Lipinski definition) is 3. The summed E-state index contributed by atoms with van der Waals surface area (Å²) >= 11 is 0. The predicted octanol–water partition coefficient (Wildman–Crippen LogP) is 3.17. The zero-order chi connectivity index (χ0) is 15.4. The first kappa shape index (κ1) is 14.8. The van der Waals surface area contributed by atoms with E-state index in [1.807, 2.05) is 0 Å². The molecule has 0 amide bonds. The van der Waals surface area contributed by atoms with Crippen molar-refractivity contribution in [1.82, 2.24) is 0 Å². The van der Waals surface area contributed by atoms with Crippen molar-refractivity contribution in [3.8, 4) is 5.75 Å². The Morgan fingerprint density at radius 2 is 2.05 bits per heavy atom. The molecule has 0 aromatic heterocycles. The van der Waals surface area contributed by atoms with E-state index in [4.69, 9.17) is 4.74 Å². The van der Waals surface area contributed by atoms with Gasteiger partial charge >= 0.3 is 5.97 Å². The number of ether oxygens (including phenoxy) is 1. The molecule has 0 bridgehead atoms. The number of anilines is 1. The molecule has 2 aromatic carbocycles. The van der Waals surface area contributed by atoms with Gasteiger partial charge in [-0.25, -0.2) is 9.18 Å². The van der Waals surface area contributed by atoms with Crippen molar-refractivity contribution in [1.29, 1.82) is 0 Å². The molecule has 0 aliphatic heterocycles. The Morgan fingerprint density at radius 3 is 2.67 bits per heavy atom. The first-order chi connectivity index (χ1) is 10.0. The van der Waals surface area contributed by atoms with Crippen molar-refractivity contribution < 1.29 is 19.0 Å². The van der Waals surface area contributed by atoms with E-state index in [1.54, 1.807) is 36.2 Å². The van der Waals surface area contributed by atoms with Crippen LogP contribution in [0, 0.1) is 5.82 Å². The van der Waals surface area contributed by atoms with Crippen molar-refractivity contribution in [3.63, 3.8) is 0 Å². The van der Waals surface area contributed by atoms with Crippen LogP contribution in [0.15, 0.2) is 42.5 Å². The molecule has 0 spiro atoms. The van der Waals surface area contributed by atoms with Gasteiger partial charge in [0.1, 0.15) is 11.6 Å². The Hall–Kier alpha value is -2.56. The van der Waals surface area contributed by atoms with Crippen LogP contribution in [0.2, 0.25) is 0 Å². The number of hydrogen-bond donors (Lipinski definition) is 1. The van der Waals surface area contributed by atoms with Gasteiger partial charge in [-0.05, 0) is 29.8 Å². The number of halogens is 1. The minimum Gasteiger partial charge on any atom is -0.497 e. The van der Waals surface area contributed by atoms with E-state index in [0.717, 1.165) is 5.56 Å². The Balaban J connectivity index is 2.33. The maximum absolute atomic E-state index is 13.2. The highest BCUT2D eigenvalue weighted by molar-refractivity contribution is 5.94. The molecule has 1 N–H and O–H groups in total. The van der Waals surface area contributed by atoms with Crippen LogP contribution in [0.5, 0.6) is 5.75 Å². The summed E-state index contributed by atoms with van der Waals surface area (Å²) in [5, 5.41) is 9.26. The fourth-order valence-corrected chi connectivity index (χ4v) is 2.13. The summed E-state index contributed by atoms with van der Waals surface area (Å²) in [5.41, 5.74) is 1.46. The number of carboxylic acid groups (broad SMARTS) is 1. The molecule has 0 saturated carbocycles. The Kier molecular flexibility index (Phi) is 4.42. The molecule has 21 heavy (non-hydrogen) atoms. The van der Waals surface area contributed by atoms with Gasteiger partial charge in [-0.15, -0.1) is 0 Å². The number of nitrogens with zero attached hydrogens (tertiary/aromatic N) is 1. The molecule has 2 aromatic rings. The molecule has 0 atom stereocenters. The topological polar surface area (TPSA) is 49.8 Å². The molecule has 110 valence electrons. The maximum Gasteiger partial charge on any atom is 0.337 e.